The molecule has 0 radical (unpaired) electrons. The minimum atomic E-state index is -0.567. The Labute approximate surface area is 142 Å². The van der Waals surface area contributed by atoms with Crippen LogP contribution in [0, 0.1) is 0 Å². The van der Waals surface area contributed by atoms with Gasteiger partial charge in [0.15, 0.2) is 0 Å². The first-order valence-electron chi connectivity index (χ1n) is 8.39. The molecular weight excluding hydrogens is 302 g/mol. The monoisotopic (exact) mass is 325 g/mol. The number of amides is 1. The van der Waals surface area contributed by atoms with Gasteiger partial charge in [0, 0.05) is 16.3 Å². The number of benzene rings is 2. The molecule has 3 rings (SSSR count). The molecule has 1 amide bonds. The molecule has 0 unspecified atom stereocenters. The number of rotatable bonds is 5. The van der Waals surface area contributed by atoms with Crippen molar-refractivity contribution in [1.29, 1.82) is 0 Å². The molecule has 0 saturated heterocycles. The van der Waals surface area contributed by atoms with Gasteiger partial charge in [-0.2, -0.15) is 0 Å². The van der Waals surface area contributed by atoms with E-state index in [0.29, 0.717) is 0 Å². The summed E-state index contributed by atoms with van der Waals surface area (Å²) >= 11 is 1.77. The Kier molecular flexibility index (Phi) is 4.76. The normalized spacial score (nSPS) is 14.7. The topological polar surface area (TPSA) is 29.1 Å². The largest absolute Gasteiger partial charge is 0.355 e. The smallest absolute Gasteiger partial charge is 0.235 e. The van der Waals surface area contributed by atoms with Gasteiger partial charge in [-0.3, -0.25) is 4.79 Å². The van der Waals surface area contributed by atoms with Gasteiger partial charge >= 0.3 is 0 Å². The zero-order valence-electron chi connectivity index (χ0n) is 13.8. The lowest BCUT2D eigenvalue weighted by atomic mass is 9.70. The maximum absolute atomic E-state index is 13.3. The van der Waals surface area contributed by atoms with Crippen LogP contribution in [-0.4, -0.2) is 12.5 Å². The summed E-state index contributed by atoms with van der Waals surface area (Å²) in [4.78, 5) is 15.7. The van der Waals surface area contributed by atoms with Crippen LogP contribution in [0.4, 0.5) is 0 Å². The van der Waals surface area contributed by atoms with Gasteiger partial charge in [0.1, 0.15) is 5.41 Å². The molecule has 1 aliphatic rings. The van der Waals surface area contributed by atoms with Crippen molar-refractivity contribution in [3.05, 3.63) is 59.7 Å². The Morgan fingerprint density at radius 3 is 2.04 bits per heavy atom. The Morgan fingerprint density at radius 1 is 0.957 bits per heavy atom. The Balaban J connectivity index is 2.22. The molecule has 2 nitrogen and oxygen atoms in total. The van der Waals surface area contributed by atoms with E-state index in [9.17, 15) is 4.79 Å². The number of hydrogen-bond donors (Lipinski definition) is 1. The van der Waals surface area contributed by atoms with Crippen LogP contribution in [0.3, 0.4) is 0 Å². The lowest BCUT2D eigenvalue weighted by molar-refractivity contribution is -0.125. The number of carbonyl (C=O) groups excluding carboxylic acids is 1. The van der Waals surface area contributed by atoms with Crippen molar-refractivity contribution in [3.8, 4) is 0 Å². The Morgan fingerprint density at radius 2 is 1.52 bits per heavy atom. The summed E-state index contributed by atoms with van der Waals surface area (Å²) in [5.41, 5.74) is 1.74. The highest BCUT2D eigenvalue weighted by Crippen LogP contribution is 2.51. The van der Waals surface area contributed by atoms with E-state index in [-0.39, 0.29) is 5.91 Å². The average molecular weight is 325 g/mol. The van der Waals surface area contributed by atoms with E-state index in [4.69, 9.17) is 0 Å². The second-order valence-corrected chi connectivity index (χ2v) is 7.09. The molecule has 120 valence electrons. The quantitative estimate of drug-likeness (QED) is 0.858. The Hall–Kier alpha value is -1.74. The minimum Gasteiger partial charge on any atom is -0.355 e. The lowest BCUT2D eigenvalue weighted by Gasteiger charge is -2.39. The molecule has 1 heterocycles. The fourth-order valence-electron chi connectivity index (χ4n) is 3.47. The summed E-state index contributed by atoms with van der Waals surface area (Å²) in [7, 11) is 0. The zero-order chi connectivity index (χ0) is 16.3. The van der Waals surface area contributed by atoms with Crippen LogP contribution in [0.1, 0.15) is 44.2 Å². The van der Waals surface area contributed by atoms with Crippen molar-refractivity contribution in [1.82, 2.24) is 5.32 Å². The van der Waals surface area contributed by atoms with E-state index >= 15 is 0 Å². The fourth-order valence-corrected chi connectivity index (χ4v) is 4.71. The van der Waals surface area contributed by atoms with Gasteiger partial charge in [-0.25, -0.2) is 0 Å². The third-order valence-electron chi connectivity index (χ3n) is 4.46. The van der Waals surface area contributed by atoms with Gasteiger partial charge in [0.25, 0.3) is 0 Å². The number of hydrogen-bond acceptors (Lipinski definition) is 2. The average Bonchev–Trinajstić information content (AvgIpc) is 2.59. The number of fused-ring (bicyclic) bond motifs is 2. The van der Waals surface area contributed by atoms with Crippen molar-refractivity contribution >= 4 is 17.7 Å². The number of nitrogens with one attached hydrogen (secondary N) is 1. The third kappa shape index (κ3) is 2.67. The van der Waals surface area contributed by atoms with Crippen LogP contribution in [-0.2, 0) is 10.2 Å². The molecule has 0 spiro atoms. The van der Waals surface area contributed by atoms with E-state index in [1.54, 1.807) is 11.8 Å². The van der Waals surface area contributed by atoms with E-state index in [1.807, 2.05) is 12.1 Å². The van der Waals surface area contributed by atoms with Gasteiger partial charge in [0.05, 0.1) is 0 Å². The predicted molar refractivity (Wildman–Crippen MR) is 96.0 cm³/mol. The van der Waals surface area contributed by atoms with Crippen LogP contribution >= 0.6 is 11.8 Å². The van der Waals surface area contributed by atoms with Crippen LogP contribution in [0.25, 0.3) is 0 Å². The molecule has 23 heavy (non-hydrogen) atoms. The van der Waals surface area contributed by atoms with Crippen molar-refractivity contribution in [2.45, 2.75) is 48.3 Å². The standard InChI is InChI=1S/C20H23NOS/c1-3-13-20(19(22)21-14-4-2)15-9-5-7-11-17(15)23-18-12-8-6-10-16(18)20/h5-12H,3-4,13-14H2,1-2H3,(H,21,22). The van der Waals surface area contributed by atoms with E-state index in [2.05, 4.69) is 55.6 Å². The summed E-state index contributed by atoms with van der Waals surface area (Å²) in [6.07, 6.45) is 2.75. The van der Waals surface area contributed by atoms with Crippen molar-refractivity contribution in [2.75, 3.05) is 6.54 Å². The SMILES string of the molecule is CCCNC(=O)C1(CCC)c2ccccc2Sc2ccccc21. The zero-order valence-corrected chi connectivity index (χ0v) is 14.6. The highest BCUT2D eigenvalue weighted by Gasteiger charge is 2.46. The maximum atomic E-state index is 13.3. The summed E-state index contributed by atoms with van der Waals surface area (Å²) in [5.74, 6) is 0.140. The predicted octanol–water partition coefficient (Wildman–Crippen LogP) is 4.76. The highest BCUT2D eigenvalue weighted by atomic mass is 32.2. The van der Waals surface area contributed by atoms with Gasteiger partial charge in [-0.05, 0) is 36.1 Å². The lowest BCUT2D eigenvalue weighted by Crippen LogP contribution is -2.47. The molecule has 1 aliphatic heterocycles. The van der Waals surface area contributed by atoms with E-state index in [0.717, 1.165) is 36.9 Å². The molecule has 2 aromatic rings. The van der Waals surface area contributed by atoms with Crippen LogP contribution in [0.15, 0.2) is 58.3 Å². The summed E-state index contributed by atoms with van der Waals surface area (Å²) < 4.78 is 0. The summed E-state index contributed by atoms with van der Waals surface area (Å²) in [6.45, 7) is 4.97. The van der Waals surface area contributed by atoms with Gasteiger partial charge in [-0.15, -0.1) is 0 Å². The molecule has 0 bridgehead atoms. The first-order valence-corrected chi connectivity index (χ1v) is 9.20. The van der Waals surface area contributed by atoms with Crippen LogP contribution in [0.5, 0.6) is 0 Å². The fraction of sp³-hybridized carbons (Fsp3) is 0.350. The van der Waals surface area contributed by atoms with Gasteiger partial charge in [-0.1, -0.05) is 68.4 Å². The first kappa shape index (κ1) is 16.1. The molecule has 1 N–H and O–H groups in total. The van der Waals surface area contributed by atoms with Crippen LogP contribution < -0.4 is 5.32 Å². The minimum absolute atomic E-state index is 0.140. The van der Waals surface area contributed by atoms with Crippen molar-refractivity contribution in [2.24, 2.45) is 0 Å². The molecule has 0 fully saturated rings. The summed E-state index contributed by atoms with van der Waals surface area (Å²) in [5, 5.41) is 3.16. The number of carbonyl (C=O) groups is 1. The van der Waals surface area contributed by atoms with Crippen molar-refractivity contribution < 1.29 is 4.79 Å². The van der Waals surface area contributed by atoms with Gasteiger partial charge < -0.3 is 5.32 Å². The molecule has 3 heteroatoms. The second-order valence-electron chi connectivity index (χ2n) is 6.01. The maximum Gasteiger partial charge on any atom is 0.235 e. The van der Waals surface area contributed by atoms with E-state index < -0.39 is 5.41 Å². The molecule has 0 aliphatic carbocycles. The third-order valence-corrected chi connectivity index (χ3v) is 5.61. The second kappa shape index (κ2) is 6.79. The molecule has 2 aromatic carbocycles. The highest BCUT2D eigenvalue weighted by molar-refractivity contribution is 7.99. The molecular formula is C20H23NOS. The van der Waals surface area contributed by atoms with Crippen molar-refractivity contribution in [3.63, 3.8) is 0 Å². The Bertz CT molecular complexity index is 665. The summed E-state index contributed by atoms with van der Waals surface area (Å²) in [6, 6.07) is 16.7. The molecule has 0 atom stereocenters. The molecule has 0 saturated carbocycles. The van der Waals surface area contributed by atoms with E-state index in [1.165, 1.54) is 9.79 Å². The van der Waals surface area contributed by atoms with Gasteiger partial charge in [0.2, 0.25) is 5.91 Å². The molecule has 0 aromatic heterocycles. The first-order chi connectivity index (χ1) is 11.2. The van der Waals surface area contributed by atoms with Crippen LogP contribution in [0.2, 0.25) is 0 Å².